The Morgan fingerprint density at radius 2 is 1.86 bits per heavy atom. The van der Waals surface area contributed by atoms with Gasteiger partial charge in [0.05, 0.1) is 11.1 Å². The van der Waals surface area contributed by atoms with E-state index in [1.54, 1.807) is 6.20 Å². The number of benzene rings is 3. The molecule has 9 rings (SSSR count). The van der Waals surface area contributed by atoms with E-state index in [1.165, 1.54) is 6.07 Å². The number of hydrogen-bond acceptors (Lipinski definition) is 6. The van der Waals surface area contributed by atoms with Gasteiger partial charge in [-0.05, 0) is 93.7 Å². The van der Waals surface area contributed by atoms with Crippen LogP contribution in [-0.4, -0.2) is 72.1 Å². The second kappa shape index (κ2) is 10.3. The molecule has 5 aliphatic rings. The van der Waals surface area contributed by atoms with Crippen molar-refractivity contribution in [3.8, 4) is 17.2 Å². The van der Waals surface area contributed by atoms with Gasteiger partial charge in [0.1, 0.15) is 16.8 Å². The van der Waals surface area contributed by atoms with E-state index in [1.807, 2.05) is 41.0 Å². The van der Waals surface area contributed by atoms with E-state index in [2.05, 4.69) is 27.5 Å². The highest BCUT2D eigenvalue weighted by atomic mass is 19.1. The second-order valence-corrected chi connectivity index (χ2v) is 12.7. The van der Waals surface area contributed by atoms with Crippen LogP contribution < -0.4 is 20.8 Å². The topological polar surface area (TPSA) is 78.8 Å². The first-order chi connectivity index (χ1) is 20.9. The molecule has 3 aromatic carbocycles. The third-order valence-corrected chi connectivity index (χ3v) is 10.2. The number of hydrogen-bond donors (Lipinski definition) is 2. The highest BCUT2D eigenvalue weighted by Gasteiger charge is 2.36. The number of piperidine rings is 3. The Labute approximate surface area is 249 Å². The van der Waals surface area contributed by atoms with Gasteiger partial charge in [0.25, 0.3) is 5.91 Å². The van der Waals surface area contributed by atoms with E-state index < -0.39 is 17.2 Å². The molecule has 8 nitrogen and oxygen atoms in total. The van der Waals surface area contributed by atoms with Crippen LogP contribution in [0.3, 0.4) is 0 Å². The summed E-state index contributed by atoms with van der Waals surface area (Å²) in [6.07, 6.45) is 6.86. The van der Waals surface area contributed by atoms with Gasteiger partial charge in [-0.15, -0.1) is 0 Å². The van der Waals surface area contributed by atoms with Crippen LogP contribution in [0.15, 0.2) is 53.5 Å². The van der Waals surface area contributed by atoms with Crippen LogP contribution in [0.4, 0.5) is 10.1 Å². The Morgan fingerprint density at radius 1 is 1.07 bits per heavy atom. The standard InChI is InChI=1S/C34H36FN5O3/c1-38-12-4-7-23(38)8-11-36-34(42)25-18-40-28-15-21-5-2-3-6-22(21)16-29(28)43-33-30(26(35)17-24(31(33)40)32(25)41)37-27-19-39-13-9-20(27)10-14-39/h2-3,5-6,15-18,20,23,27,37H,4,7-14,19H2,1H3,(H,36,42)/t23?,27-/m1/s1. The van der Waals surface area contributed by atoms with Crippen molar-refractivity contribution in [2.45, 2.75) is 44.2 Å². The van der Waals surface area contributed by atoms with E-state index >= 15 is 4.39 Å². The Balaban J connectivity index is 1.24. The summed E-state index contributed by atoms with van der Waals surface area (Å²) in [4.78, 5) is 32.0. The Bertz CT molecular complexity index is 1830. The summed E-state index contributed by atoms with van der Waals surface area (Å²) in [6, 6.07) is 13.7. The minimum Gasteiger partial charge on any atom is -0.451 e. The van der Waals surface area contributed by atoms with Crippen molar-refractivity contribution < 1.29 is 13.9 Å². The highest BCUT2D eigenvalue weighted by Crippen LogP contribution is 2.47. The molecule has 1 unspecified atom stereocenters. The number of nitrogens with zero attached hydrogens (tertiary/aromatic N) is 3. The van der Waals surface area contributed by atoms with E-state index in [0.717, 1.165) is 69.1 Å². The first-order valence-corrected chi connectivity index (χ1v) is 15.5. The molecule has 1 amide bonds. The molecule has 9 heteroatoms. The second-order valence-electron chi connectivity index (χ2n) is 12.7. The number of carbonyl (C=O) groups excluding carboxylic acids is 1. The summed E-state index contributed by atoms with van der Waals surface area (Å²) >= 11 is 0. The molecule has 0 saturated carbocycles. The van der Waals surface area contributed by atoms with E-state index in [9.17, 15) is 9.59 Å². The molecule has 2 bridgehead atoms. The zero-order chi connectivity index (χ0) is 29.2. The maximum absolute atomic E-state index is 16.1. The van der Waals surface area contributed by atoms with Crippen molar-refractivity contribution in [2.24, 2.45) is 5.92 Å². The predicted molar refractivity (Wildman–Crippen MR) is 166 cm³/mol. The molecule has 0 aliphatic carbocycles. The lowest BCUT2D eigenvalue weighted by Crippen LogP contribution is -2.53. The molecule has 0 spiro atoms. The molecule has 6 heterocycles. The van der Waals surface area contributed by atoms with Crippen LogP contribution in [0.1, 0.15) is 42.5 Å². The summed E-state index contributed by atoms with van der Waals surface area (Å²) in [6.45, 7) is 4.54. The van der Waals surface area contributed by atoms with Gasteiger partial charge in [-0.3, -0.25) is 9.59 Å². The van der Waals surface area contributed by atoms with Crippen molar-refractivity contribution in [3.05, 3.63) is 70.3 Å². The zero-order valence-corrected chi connectivity index (χ0v) is 24.4. The van der Waals surface area contributed by atoms with Crippen molar-refractivity contribution >= 4 is 33.3 Å². The van der Waals surface area contributed by atoms with Crippen LogP contribution in [-0.2, 0) is 0 Å². The minimum absolute atomic E-state index is 0.00302. The maximum Gasteiger partial charge on any atom is 0.256 e. The van der Waals surface area contributed by atoms with Gasteiger partial charge in [-0.2, -0.15) is 0 Å². The van der Waals surface area contributed by atoms with Gasteiger partial charge in [0.15, 0.2) is 17.3 Å². The summed E-state index contributed by atoms with van der Waals surface area (Å²) in [5.41, 5.74) is 0.956. The summed E-state index contributed by atoms with van der Waals surface area (Å²) in [5.74, 6) is 0.316. The number of amides is 1. The quantitative estimate of drug-likeness (QED) is 0.290. The molecule has 4 saturated heterocycles. The number of aromatic nitrogens is 1. The predicted octanol–water partition coefficient (Wildman–Crippen LogP) is 5.11. The van der Waals surface area contributed by atoms with Gasteiger partial charge in [-0.25, -0.2) is 4.39 Å². The van der Waals surface area contributed by atoms with Gasteiger partial charge in [0.2, 0.25) is 5.43 Å². The Hall–Kier alpha value is -3.95. The third kappa shape index (κ3) is 4.48. The number of halogens is 1. The SMILES string of the molecule is CN1CCCC1CCNC(=O)c1cn2c3c(c(N[C@@H]4CN5CCC4CC5)c(F)cc3c1=O)Oc1cc3ccccc3cc1-2. The van der Waals surface area contributed by atoms with Gasteiger partial charge in [0, 0.05) is 31.4 Å². The van der Waals surface area contributed by atoms with Crippen LogP contribution in [0.2, 0.25) is 0 Å². The Kier molecular flexibility index (Phi) is 6.42. The lowest BCUT2D eigenvalue weighted by Gasteiger charge is -2.45. The van der Waals surface area contributed by atoms with Crippen molar-refractivity contribution in [2.75, 3.05) is 45.1 Å². The largest absolute Gasteiger partial charge is 0.451 e. The van der Waals surface area contributed by atoms with E-state index in [0.29, 0.717) is 41.2 Å². The molecule has 4 fully saturated rings. The van der Waals surface area contributed by atoms with E-state index in [-0.39, 0.29) is 22.7 Å². The molecule has 43 heavy (non-hydrogen) atoms. The monoisotopic (exact) mass is 581 g/mol. The normalized spacial score (nSPS) is 24.2. The first-order valence-electron chi connectivity index (χ1n) is 15.5. The average Bonchev–Trinajstić information content (AvgIpc) is 3.43. The number of nitrogens with one attached hydrogen (secondary N) is 2. The third-order valence-electron chi connectivity index (χ3n) is 10.2. The van der Waals surface area contributed by atoms with Gasteiger partial charge in [-0.1, -0.05) is 24.3 Å². The molecule has 5 aliphatic heterocycles. The summed E-state index contributed by atoms with van der Waals surface area (Å²) < 4.78 is 24.4. The number of rotatable bonds is 6. The van der Waals surface area contributed by atoms with Crippen LogP contribution in [0.5, 0.6) is 11.5 Å². The lowest BCUT2D eigenvalue weighted by molar-refractivity contribution is 0.0949. The van der Waals surface area contributed by atoms with E-state index in [4.69, 9.17) is 4.74 Å². The first kappa shape index (κ1) is 26.7. The number of ether oxygens (including phenoxy) is 1. The summed E-state index contributed by atoms with van der Waals surface area (Å²) in [5, 5.41) is 8.58. The molecule has 2 atom stereocenters. The minimum atomic E-state index is -0.548. The lowest BCUT2D eigenvalue weighted by atomic mass is 9.84. The number of fused-ring (bicyclic) bond motifs is 6. The molecule has 4 aromatic rings. The molecule has 222 valence electrons. The highest BCUT2D eigenvalue weighted by molar-refractivity contribution is 6.02. The maximum atomic E-state index is 16.1. The van der Waals surface area contributed by atoms with Crippen LogP contribution >= 0.6 is 0 Å². The van der Waals surface area contributed by atoms with Crippen molar-refractivity contribution in [1.82, 2.24) is 19.7 Å². The fourth-order valence-corrected chi connectivity index (χ4v) is 7.70. The molecule has 2 N–H and O–H groups in total. The van der Waals surface area contributed by atoms with Crippen LogP contribution in [0, 0.1) is 11.7 Å². The smallest absolute Gasteiger partial charge is 0.256 e. The summed E-state index contributed by atoms with van der Waals surface area (Å²) in [7, 11) is 2.11. The number of pyridine rings is 1. The molecular formula is C34H36FN5O3. The van der Waals surface area contributed by atoms with Crippen molar-refractivity contribution in [1.29, 1.82) is 0 Å². The number of likely N-dealkylation sites (tertiary alicyclic amines) is 1. The molecular weight excluding hydrogens is 545 g/mol. The van der Waals surface area contributed by atoms with Gasteiger partial charge >= 0.3 is 0 Å². The fraction of sp³-hybridized carbons (Fsp3) is 0.412. The Morgan fingerprint density at radius 3 is 2.58 bits per heavy atom. The average molecular weight is 582 g/mol. The zero-order valence-electron chi connectivity index (χ0n) is 24.4. The van der Waals surface area contributed by atoms with Crippen molar-refractivity contribution in [3.63, 3.8) is 0 Å². The van der Waals surface area contributed by atoms with Gasteiger partial charge < -0.3 is 29.7 Å². The van der Waals surface area contributed by atoms with Crippen LogP contribution in [0.25, 0.3) is 27.4 Å². The molecule has 0 radical (unpaired) electrons. The number of carbonyl (C=O) groups is 1. The fourth-order valence-electron chi connectivity index (χ4n) is 7.70. The molecule has 1 aromatic heterocycles. The number of anilines is 1.